The summed E-state index contributed by atoms with van der Waals surface area (Å²) >= 11 is 0. The minimum absolute atomic E-state index is 0.236. The van der Waals surface area contributed by atoms with Crippen LogP contribution in [0.5, 0.6) is 11.5 Å². The van der Waals surface area contributed by atoms with Gasteiger partial charge in [-0.25, -0.2) is 0 Å². The van der Waals surface area contributed by atoms with Crippen molar-refractivity contribution in [3.63, 3.8) is 0 Å². The molecule has 4 rings (SSSR count). The normalized spacial score (nSPS) is 10.6. The zero-order valence-corrected chi connectivity index (χ0v) is 23.2. The van der Waals surface area contributed by atoms with Crippen LogP contribution in [0.3, 0.4) is 0 Å². The number of amides is 2. The van der Waals surface area contributed by atoms with Crippen molar-refractivity contribution in [3.8, 4) is 11.5 Å². The Bertz CT molecular complexity index is 1280. The Morgan fingerprint density at radius 3 is 1.36 bits per heavy atom. The van der Waals surface area contributed by atoms with E-state index in [0.717, 1.165) is 11.4 Å². The maximum Gasteiger partial charge on any atom is 0.255 e. The summed E-state index contributed by atoms with van der Waals surface area (Å²) in [7, 11) is 0. The quantitative estimate of drug-likeness (QED) is 0.184. The third kappa shape index (κ3) is 9.99. The number of para-hydroxylation sites is 2. The molecule has 2 amide bonds. The highest BCUT2D eigenvalue weighted by Crippen LogP contribution is 2.19. The summed E-state index contributed by atoms with van der Waals surface area (Å²) < 4.78 is 22.7. The van der Waals surface area contributed by atoms with Crippen LogP contribution in [0.25, 0.3) is 0 Å². The van der Waals surface area contributed by atoms with Crippen molar-refractivity contribution in [2.75, 3.05) is 39.6 Å². The first kappa shape index (κ1) is 30.2. The summed E-state index contributed by atoms with van der Waals surface area (Å²) in [6, 6.07) is 25.2. The van der Waals surface area contributed by atoms with Gasteiger partial charge in [-0.2, -0.15) is 0 Å². The van der Waals surface area contributed by atoms with E-state index in [0.29, 0.717) is 62.1 Å². The Hall–Kier alpha value is -4.80. The number of aromatic nitrogens is 2. The predicted octanol–water partition coefficient (Wildman–Crippen LogP) is 3.83. The predicted molar refractivity (Wildman–Crippen MR) is 156 cm³/mol. The molecule has 218 valence electrons. The van der Waals surface area contributed by atoms with Gasteiger partial charge in [-0.05, 0) is 48.5 Å². The maximum atomic E-state index is 12.6. The number of carbonyl (C=O) groups is 2. The van der Waals surface area contributed by atoms with Crippen LogP contribution >= 0.6 is 0 Å². The lowest BCUT2D eigenvalue weighted by Gasteiger charge is -2.13. The Morgan fingerprint density at radius 1 is 0.524 bits per heavy atom. The second-order valence-corrected chi connectivity index (χ2v) is 8.92. The van der Waals surface area contributed by atoms with E-state index in [1.807, 2.05) is 48.5 Å². The maximum absolute atomic E-state index is 12.6. The van der Waals surface area contributed by atoms with Gasteiger partial charge in [-0.3, -0.25) is 19.6 Å². The molecule has 10 nitrogen and oxygen atoms in total. The third-order valence-electron chi connectivity index (χ3n) is 5.92. The number of rotatable bonds is 17. The van der Waals surface area contributed by atoms with Gasteiger partial charge in [-0.1, -0.05) is 36.4 Å². The molecule has 2 heterocycles. The highest BCUT2D eigenvalue weighted by molar-refractivity contribution is 5.97. The molecule has 0 aliphatic heterocycles. The Kier molecular flexibility index (Phi) is 12.3. The monoisotopic (exact) mass is 570 g/mol. The highest BCUT2D eigenvalue weighted by atomic mass is 16.6. The molecule has 0 bridgehead atoms. The van der Waals surface area contributed by atoms with E-state index in [-0.39, 0.29) is 25.0 Å². The summed E-state index contributed by atoms with van der Waals surface area (Å²) in [6.07, 6.45) is 3.37. The van der Waals surface area contributed by atoms with Gasteiger partial charge >= 0.3 is 0 Å². The standard InChI is InChI=1S/C32H34N4O6/c37-31(35-23-25-9-5-7-15-33-25)27-11-1-3-13-29(27)41-21-19-39-17-18-40-20-22-42-30-14-4-2-12-28(30)32(38)36-24-26-10-6-8-16-34-26/h1-16H,17-24H2,(H,35,37)(H,36,38). The van der Waals surface area contributed by atoms with E-state index in [2.05, 4.69) is 20.6 Å². The summed E-state index contributed by atoms with van der Waals surface area (Å²) in [5, 5.41) is 5.72. The fraction of sp³-hybridized carbons (Fsp3) is 0.250. The number of nitrogens with one attached hydrogen (secondary N) is 2. The smallest absolute Gasteiger partial charge is 0.255 e. The molecule has 0 aliphatic rings. The average Bonchev–Trinajstić information content (AvgIpc) is 3.04. The van der Waals surface area contributed by atoms with E-state index >= 15 is 0 Å². The number of ether oxygens (including phenoxy) is 4. The van der Waals surface area contributed by atoms with Gasteiger partial charge < -0.3 is 29.6 Å². The van der Waals surface area contributed by atoms with Crippen LogP contribution in [0, 0.1) is 0 Å². The van der Waals surface area contributed by atoms with Crippen LogP contribution in [0.4, 0.5) is 0 Å². The zero-order chi connectivity index (χ0) is 29.2. The molecule has 42 heavy (non-hydrogen) atoms. The molecule has 0 spiro atoms. The number of pyridine rings is 2. The highest BCUT2D eigenvalue weighted by Gasteiger charge is 2.13. The summed E-state index contributed by atoms with van der Waals surface area (Å²) in [4.78, 5) is 33.7. The summed E-state index contributed by atoms with van der Waals surface area (Å²) in [6.45, 7) is 2.66. The third-order valence-corrected chi connectivity index (χ3v) is 5.92. The molecule has 2 N–H and O–H groups in total. The van der Waals surface area contributed by atoms with Gasteiger partial charge in [0.2, 0.25) is 0 Å². The molecule has 0 saturated heterocycles. The average molecular weight is 571 g/mol. The van der Waals surface area contributed by atoms with Crippen LogP contribution in [0.15, 0.2) is 97.3 Å². The van der Waals surface area contributed by atoms with Crippen molar-refractivity contribution in [2.24, 2.45) is 0 Å². The Balaban J connectivity index is 1.08. The van der Waals surface area contributed by atoms with Crippen molar-refractivity contribution in [1.82, 2.24) is 20.6 Å². The minimum atomic E-state index is -0.236. The molecule has 0 radical (unpaired) electrons. The molecular formula is C32H34N4O6. The van der Waals surface area contributed by atoms with Crippen molar-refractivity contribution in [2.45, 2.75) is 13.1 Å². The van der Waals surface area contributed by atoms with Crippen LogP contribution < -0.4 is 20.1 Å². The van der Waals surface area contributed by atoms with E-state index < -0.39 is 0 Å². The van der Waals surface area contributed by atoms with Crippen LogP contribution in [-0.4, -0.2) is 61.4 Å². The summed E-state index contributed by atoms with van der Waals surface area (Å²) in [5.74, 6) is 0.499. The van der Waals surface area contributed by atoms with Crippen molar-refractivity contribution >= 4 is 11.8 Å². The van der Waals surface area contributed by atoms with Gasteiger partial charge in [0.05, 0.1) is 62.0 Å². The Morgan fingerprint density at radius 2 is 0.929 bits per heavy atom. The molecular weight excluding hydrogens is 536 g/mol. The number of hydrogen-bond acceptors (Lipinski definition) is 8. The SMILES string of the molecule is O=C(NCc1ccccn1)c1ccccc1OCCOCCOCCOc1ccccc1C(=O)NCc1ccccn1. The van der Waals surface area contributed by atoms with E-state index in [1.165, 1.54) is 0 Å². The minimum Gasteiger partial charge on any atom is -0.490 e. The van der Waals surface area contributed by atoms with E-state index in [9.17, 15) is 9.59 Å². The second kappa shape index (κ2) is 17.1. The van der Waals surface area contributed by atoms with Crippen LogP contribution in [0.1, 0.15) is 32.1 Å². The van der Waals surface area contributed by atoms with Crippen molar-refractivity contribution < 1.29 is 28.5 Å². The van der Waals surface area contributed by atoms with Crippen LogP contribution in [0.2, 0.25) is 0 Å². The zero-order valence-electron chi connectivity index (χ0n) is 23.2. The molecule has 4 aromatic rings. The lowest BCUT2D eigenvalue weighted by atomic mass is 10.2. The molecule has 0 aliphatic carbocycles. The van der Waals surface area contributed by atoms with Crippen molar-refractivity contribution in [3.05, 3.63) is 120 Å². The van der Waals surface area contributed by atoms with Crippen molar-refractivity contribution in [1.29, 1.82) is 0 Å². The molecule has 0 atom stereocenters. The van der Waals surface area contributed by atoms with Crippen LogP contribution in [-0.2, 0) is 22.6 Å². The molecule has 0 unspecified atom stereocenters. The fourth-order valence-electron chi connectivity index (χ4n) is 3.84. The van der Waals surface area contributed by atoms with E-state index in [1.54, 1.807) is 48.8 Å². The lowest BCUT2D eigenvalue weighted by Crippen LogP contribution is -2.24. The number of hydrogen-bond donors (Lipinski definition) is 2. The number of nitrogens with zero attached hydrogens (tertiary/aromatic N) is 2. The second-order valence-electron chi connectivity index (χ2n) is 8.92. The van der Waals surface area contributed by atoms with E-state index in [4.69, 9.17) is 18.9 Å². The molecule has 2 aromatic heterocycles. The molecule has 0 saturated carbocycles. The van der Waals surface area contributed by atoms with Gasteiger partial charge in [0.15, 0.2) is 0 Å². The van der Waals surface area contributed by atoms with Gasteiger partial charge in [0.25, 0.3) is 11.8 Å². The topological polar surface area (TPSA) is 121 Å². The summed E-state index contributed by atoms with van der Waals surface area (Å²) in [5.41, 5.74) is 2.44. The lowest BCUT2D eigenvalue weighted by molar-refractivity contribution is 0.0271. The molecule has 2 aromatic carbocycles. The first-order chi connectivity index (χ1) is 20.7. The van der Waals surface area contributed by atoms with Gasteiger partial charge in [-0.15, -0.1) is 0 Å². The fourth-order valence-corrected chi connectivity index (χ4v) is 3.84. The largest absolute Gasteiger partial charge is 0.490 e. The number of carbonyl (C=O) groups excluding carboxylic acids is 2. The van der Waals surface area contributed by atoms with Gasteiger partial charge in [0, 0.05) is 12.4 Å². The number of benzene rings is 2. The first-order valence-electron chi connectivity index (χ1n) is 13.7. The Labute approximate surface area is 245 Å². The van der Waals surface area contributed by atoms with Gasteiger partial charge in [0.1, 0.15) is 24.7 Å². The molecule has 10 heteroatoms. The first-order valence-corrected chi connectivity index (χ1v) is 13.7. The molecule has 0 fully saturated rings.